The Hall–Kier alpha value is -3.30. The number of fused-ring (bicyclic) bond motifs is 1. The van der Waals surface area contributed by atoms with Gasteiger partial charge >= 0.3 is 0 Å². The van der Waals surface area contributed by atoms with Gasteiger partial charge in [0.1, 0.15) is 6.54 Å². The molecule has 3 aromatic rings. The van der Waals surface area contributed by atoms with Crippen molar-refractivity contribution in [3.05, 3.63) is 78.4 Å². The van der Waals surface area contributed by atoms with Gasteiger partial charge in [0.05, 0.1) is 16.3 Å². The number of sulfonamides is 1. The summed E-state index contributed by atoms with van der Waals surface area (Å²) in [5.41, 5.74) is 2.57. The van der Waals surface area contributed by atoms with Crippen molar-refractivity contribution < 1.29 is 18.0 Å². The van der Waals surface area contributed by atoms with E-state index in [1.165, 1.54) is 16.7 Å². The predicted molar refractivity (Wildman–Crippen MR) is 127 cm³/mol. The average molecular weight is 468 g/mol. The van der Waals surface area contributed by atoms with Crippen molar-refractivity contribution in [2.75, 3.05) is 27.2 Å². The molecule has 0 saturated heterocycles. The first-order chi connectivity index (χ1) is 15.3. The molecule has 0 atom stereocenters. The summed E-state index contributed by atoms with van der Waals surface area (Å²) in [7, 11) is -3.70. The molecule has 1 aliphatic heterocycles. The third-order valence-corrected chi connectivity index (χ3v) is 7.31. The molecule has 0 spiro atoms. The van der Waals surface area contributed by atoms with Crippen LogP contribution in [0.25, 0.3) is 0 Å². The van der Waals surface area contributed by atoms with Crippen molar-refractivity contribution in [1.29, 1.82) is 0 Å². The zero-order chi connectivity index (χ0) is 22.7. The van der Waals surface area contributed by atoms with E-state index >= 15 is 0 Å². The quantitative estimate of drug-likeness (QED) is 0.574. The molecule has 0 bridgehead atoms. The van der Waals surface area contributed by atoms with Crippen LogP contribution in [-0.2, 0) is 19.6 Å². The van der Waals surface area contributed by atoms with Gasteiger partial charge in [-0.15, -0.1) is 11.8 Å². The van der Waals surface area contributed by atoms with Crippen LogP contribution in [0, 0.1) is 6.92 Å². The van der Waals surface area contributed by atoms with E-state index in [4.69, 9.17) is 0 Å². The Bertz CT molecular complexity index is 1260. The number of hydrogen-bond donors (Lipinski definition) is 2. The molecule has 7 nitrogen and oxygen atoms in total. The third kappa shape index (κ3) is 4.95. The highest BCUT2D eigenvalue weighted by atomic mass is 32.2. The maximum absolute atomic E-state index is 12.5. The number of hydrogen-bond acceptors (Lipinski definition) is 5. The number of thioether (sulfide) groups is 1. The predicted octanol–water partition coefficient (Wildman–Crippen LogP) is 3.87. The number of nitrogens with zero attached hydrogens (tertiary/aromatic N) is 1. The number of anilines is 3. The van der Waals surface area contributed by atoms with Crippen LogP contribution in [0.2, 0.25) is 0 Å². The van der Waals surface area contributed by atoms with Gasteiger partial charge in [-0.2, -0.15) is 0 Å². The molecule has 0 unspecified atom stereocenters. The van der Waals surface area contributed by atoms with Crippen LogP contribution in [0.3, 0.4) is 0 Å². The minimum absolute atomic E-state index is 0.0990. The maximum atomic E-state index is 12.5. The summed E-state index contributed by atoms with van der Waals surface area (Å²) in [5.74, 6) is -0.169. The Kier molecular flexibility index (Phi) is 6.20. The number of carbonyl (C=O) groups is 2. The molecule has 0 fully saturated rings. The van der Waals surface area contributed by atoms with Crippen molar-refractivity contribution in [3.63, 3.8) is 0 Å². The van der Waals surface area contributed by atoms with E-state index in [9.17, 15) is 18.0 Å². The van der Waals surface area contributed by atoms with Gasteiger partial charge in [0.25, 0.3) is 10.0 Å². The number of nitrogens with one attached hydrogen (secondary N) is 2. The molecule has 0 saturated carbocycles. The van der Waals surface area contributed by atoms with Crippen LogP contribution in [0.5, 0.6) is 0 Å². The van der Waals surface area contributed by atoms with Crippen molar-refractivity contribution >= 4 is 50.7 Å². The summed E-state index contributed by atoms with van der Waals surface area (Å²) in [6, 6.07) is 20.4. The zero-order valence-corrected chi connectivity index (χ0v) is 18.9. The second kappa shape index (κ2) is 9.05. The van der Waals surface area contributed by atoms with E-state index in [2.05, 4.69) is 10.0 Å². The van der Waals surface area contributed by atoms with Gasteiger partial charge in [0.2, 0.25) is 11.8 Å². The molecule has 9 heteroatoms. The summed E-state index contributed by atoms with van der Waals surface area (Å²) in [6.07, 6.45) is 0. The highest BCUT2D eigenvalue weighted by molar-refractivity contribution is 8.00. The fourth-order valence-corrected chi connectivity index (χ4v) is 5.22. The van der Waals surface area contributed by atoms with Gasteiger partial charge in [0.15, 0.2) is 0 Å². The molecular weight excluding hydrogens is 446 g/mol. The van der Waals surface area contributed by atoms with Crippen molar-refractivity contribution in [1.82, 2.24) is 0 Å². The largest absolute Gasteiger partial charge is 0.325 e. The normalized spacial score (nSPS) is 13.4. The lowest BCUT2D eigenvalue weighted by Gasteiger charge is -2.28. The molecule has 2 N–H and O–H groups in total. The Balaban J connectivity index is 1.40. The van der Waals surface area contributed by atoms with E-state index in [1.54, 1.807) is 48.5 Å². The van der Waals surface area contributed by atoms with E-state index in [1.807, 2.05) is 31.2 Å². The first-order valence-corrected chi connectivity index (χ1v) is 12.3. The van der Waals surface area contributed by atoms with E-state index in [0.717, 1.165) is 16.1 Å². The SMILES string of the molecule is Cc1ccc(S(=O)(=O)Nc2ccc(NC(=O)CN3C(=O)CSc4ccccc43)cc2)cc1. The summed E-state index contributed by atoms with van der Waals surface area (Å²) < 4.78 is 27.5. The summed E-state index contributed by atoms with van der Waals surface area (Å²) in [5, 5.41) is 2.75. The molecule has 164 valence electrons. The van der Waals surface area contributed by atoms with Gasteiger partial charge in [-0.3, -0.25) is 14.3 Å². The zero-order valence-electron chi connectivity index (χ0n) is 17.2. The minimum atomic E-state index is -3.70. The number of carbonyl (C=O) groups excluding carboxylic acids is 2. The van der Waals surface area contributed by atoms with Crippen LogP contribution in [-0.4, -0.2) is 32.5 Å². The van der Waals surface area contributed by atoms with E-state index < -0.39 is 10.0 Å². The van der Waals surface area contributed by atoms with Gasteiger partial charge < -0.3 is 10.2 Å². The summed E-state index contributed by atoms with van der Waals surface area (Å²) >= 11 is 1.46. The molecule has 0 aliphatic carbocycles. The van der Waals surface area contributed by atoms with Crippen molar-refractivity contribution in [2.45, 2.75) is 16.7 Å². The smallest absolute Gasteiger partial charge is 0.261 e. The standard InChI is InChI=1S/C23H21N3O4S2/c1-16-6-12-19(13-7-16)32(29,30)25-18-10-8-17(9-11-18)24-22(27)14-26-20-4-2-3-5-21(20)31-15-23(26)28/h2-13,25H,14-15H2,1H3,(H,24,27). The van der Waals surface area contributed by atoms with Gasteiger partial charge in [0, 0.05) is 16.3 Å². The number of aryl methyl sites for hydroxylation is 1. The first-order valence-electron chi connectivity index (χ1n) is 9.83. The second-order valence-corrected chi connectivity index (χ2v) is 9.98. The third-order valence-electron chi connectivity index (χ3n) is 4.86. The lowest BCUT2D eigenvalue weighted by molar-refractivity contribution is -0.120. The lowest BCUT2D eigenvalue weighted by atomic mass is 10.2. The number of para-hydroxylation sites is 1. The molecular formula is C23H21N3O4S2. The number of amides is 2. The lowest BCUT2D eigenvalue weighted by Crippen LogP contribution is -2.41. The van der Waals surface area contributed by atoms with Crippen LogP contribution >= 0.6 is 11.8 Å². The fraction of sp³-hybridized carbons (Fsp3) is 0.130. The average Bonchev–Trinajstić information content (AvgIpc) is 2.77. The van der Waals surface area contributed by atoms with Gasteiger partial charge in [-0.1, -0.05) is 29.8 Å². The highest BCUT2D eigenvalue weighted by Gasteiger charge is 2.26. The Labute approximate surface area is 190 Å². The molecule has 0 aromatic heterocycles. The molecule has 3 aromatic carbocycles. The minimum Gasteiger partial charge on any atom is -0.325 e. The van der Waals surface area contributed by atoms with Crippen LogP contribution in [0.1, 0.15) is 5.56 Å². The number of rotatable bonds is 6. The Morgan fingerprint density at radius 2 is 1.62 bits per heavy atom. The molecule has 2 amide bonds. The molecule has 32 heavy (non-hydrogen) atoms. The molecule has 1 aliphatic rings. The second-order valence-electron chi connectivity index (χ2n) is 7.28. The molecule has 0 radical (unpaired) electrons. The van der Waals surface area contributed by atoms with Crippen molar-refractivity contribution in [2.24, 2.45) is 0 Å². The van der Waals surface area contributed by atoms with Crippen molar-refractivity contribution in [3.8, 4) is 0 Å². The topological polar surface area (TPSA) is 95.6 Å². The first kappa shape index (κ1) is 21.9. The molecule has 1 heterocycles. The maximum Gasteiger partial charge on any atom is 0.261 e. The van der Waals surface area contributed by atoms with Gasteiger partial charge in [-0.05, 0) is 55.5 Å². The summed E-state index contributed by atoms with van der Waals surface area (Å²) in [4.78, 5) is 27.5. The van der Waals surface area contributed by atoms with E-state index in [0.29, 0.717) is 17.1 Å². The monoisotopic (exact) mass is 467 g/mol. The van der Waals surface area contributed by atoms with Crippen LogP contribution in [0.15, 0.2) is 82.6 Å². The van der Waals surface area contributed by atoms with Crippen LogP contribution < -0.4 is 14.9 Å². The Morgan fingerprint density at radius 1 is 0.969 bits per heavy atom. The van der Waals surface area contributed by atoms with Crippen LogP contribution in [0.4, 0.5) is 17.1 Å². The Morgan fingerprint density at radius 3 is 2.34 bits per heavy atom. The molecule has 4 rings (SSSR count). The van der Waals surface area contributed by atoms with Gasteiger partial charge in [-0.25, -0.2) is 8.42 Å². The summed E-state index contributed by atoms with van der Waals surface area (Å²) in [6.45, 7) is 1.79. The van der Waals surface area contributed by atoms with E-state index in [-0.39, 0.29) is 23.3 Å². The highest BCUT2D eigenvalue weighted by Crippen LogP contribution is 2.34. The fourth-order valence-electron chi connectivity index (χ4n) is 3.22. The number of benzene rings is 3.